The lowest BCUT2D eigenvalue weighted by atomic mass is 10.5. The lowest BCUT2D eigenvalue weighted by Crippen LogP contribution is -2.13. The molecule has 0 saturated carbocycles. The van der Waals surface area contributed by atoms with Gasteiger partial charge in [-0.1, -0.05) is 0 Å². The van der Waals surface area contributed by atoms with Crippen LogP contribution < -0.4 is 5.73 Å². The number of hydrogen-bond donors (Lipinski definition) is 1. The van der Waals surface area contributed by atoms with E-state index in [0.29, 0.717) is 18.9 Å². The summed E-state index contributed by atoms with van der Waals surface area (Å²) in [5, 5.41) is 0. The Hall–Kier alpha value is -0.440. The minimum Gasteiger partial charge on any atom is -0.450 e. The number of rotatable bonds is 3. The first-order chi connectivity index (χ1) is 3.77. The molecule has 1 amide bonds. The lowest BCUT2D eigenvalue weighted by Gasteiger charge is -1.95. The van der Waals surface area contributed by atoms with Gasteiger partial charge in [0.1, 0.15) is 0 Å². The standard InChI is InChI=1S/C4H8ClNO2/c5-2-1-3-8-4(6)7/h1-3H2,(H2,6,7). The van der Waals surface area contributed by atoms with Gasteiger partial charge < -0.3 is 10.5 Å². The fourth-order valence-corrected chi connectivity index (χ4v) is 0.336. The van der Waals surface area contributed by atoms with Gasteiger partial charge in [-0.15, -0.1) is 11.6 Å². The fraction of sp³-hybridized carbons (Fsp3) is 0.750. The van der Waals surface area contributed by atoms with Crippen LogP contribution in [-0.2, 0) is 4.74 Å². The summed E-state index contributed by atoms with van der Waals surface area (Å²) in [6, 6.07) is 0. The summed E-state index contributed by atoms with van der Waals surface area (Å²) in [6.45, 7) is 0.318. The number of hydrogen-bond acceptors (Lipinski definition) is 2. The molecule has 0 spiro atoms. The number of nitrogens with two attached hydrogens (primary N) is 1. The van der Waals surface area contributed by atoms with Crippen LogP contribution in [0.5, 0.6) is 0 Å². The Balaban J connectivity index is 2.82. The summed E-state index contributed by atoms with van der Waals surface area (Å²) in [5.41, 5.74) is 4.63. The van der Waals surface area contributed by atoms with Gasteiger partial charge in [-0.05, 0) is 6.42 Å². The number of alkyl halides is 1. The van der Waals surface area contributed by atoms with Crippen LogP contribution in [-0.4, -0.2) is 18.6 Å². The zero-order valence-electron chi connectivity index (χ0n) is 4.39. The van der Waals surface area contributed by atoms with Crippen molar-refractivity contribution in [2.24, 2.45) is 5.73 Å². The van der Waals surface area contributed by atoms with Crippen molar-refractivity contribution in [3.05, 3.63) is 0 Å². The lowest BCUT2D eigenvalue weighted by molar-refractivity contribution is 0.157. The van der Waals surface area contributed by atoms with Gasteiger partial charge >= 0.3 is 6.09 Å². The average Bonchev–Trinajstić information content (AvgIpc) is 1.66. The SMILES string of the molecule is NC(=O)OCCCCl. The van der Waals surface area contributed by atoms with E-state index in [1.807, 2.05) is 0 Å². The molecule has 0 aliphatic rings. The van der Waals surface area contributed by atoms with E-state index in [2.05, 4.69) is 10.5 Å². The van der Waals surface area contributed by atoms with E-state index in [4.69, 9.17) is 11.6 Å². The monoisotopic (exact) mass is 137 g/mol. The molecule has 0 bridgehead atoms. The predicted octanol–water partition coefficient (Wildman–Crippen LogP) is 0.711. The molecule has 0 aliphatic carbocycles. The molecule has 48 valence electrons. The molecule has 2 N–H and O–H groups in total. The highest BCUT2D eigenvalue weighted by molar-refractivity contribution is 6.17. The van der Waals surface area contributed by atoms with Crippen molar-refractivity contribution in [1.29, 1.82) is 0 Å². The second kappa shape index (κ2) is 4.71. The molecule has 0 radical (unpaired) electrons. The van der Waals surface area contributed by atoms with Crippen LogP contribution in [0.25, 0.3) is 0 Å². The van der Waals surface area contributed by atoms with Crippen molar-refractivity contribution in [3.8, 4) is 0 Å². The zero-order valence-corrected chi connectivity index (χ0v) is 5.15. The molecule has 0 aromatic heterocycles. The maximum Gasteiger partial charge on any atom is 0.404 e. The topological polar surface area (TPSA) is 52.3 Å². The first-order valence-electron chi connectivity index (χ1n) is 2.25. The first kappa shape index (κ1) is 7.56. The Bertz CT molecular complexity index is 76.4. The second-order valence-electron chi connectivity index (χ2n) is 1.21. The molecule has 0 unspecified atom stereocenters. The number of ether oxygens (including phenoxy) is 1. The van der Waals surface area contributed by atoms with Gasteiger partial charge in [0.25, 0.3) is 0 Å². The van der Waals surface area contributed by atoms with Gasteiger partial charge in [0.15, 0.2) is 0 Å². The minimum atomic E-state index is -0.741. The van der Waals surface area contributed by atoms with E-state index in [-0.39, 0.29) is 0 Å². The summed E-state index contributed by atoms with van der Waals surface area (Å²) in [4.78, 5) is 9.83. The Morgan fingerprint density at radius 1 is 1.75 bits per heavy atom. The molecular weight excluding hydrogens is 130 g/mol. The molecule has 0 saturated heterocycles. The Morgan fingerprint density at radius 3 is 2.75 bits per heavy atom. The molecule has 0 aliphatic heterocycles. The summed E-state index contributed by atoms with van der Waals surface area (Å²) >= 11 is 5.25. The van der Waals surface area contributed by atoms with E-state index in [9.17, 15) is 4.79 Å². The molecule has 0 aromatic carbocycles. The summed E-state index contributed by atoms with van der Waals surface area (Å²) in [6.07, 6.45) is -0.0834. The Kier molecular flexibility index (Phi) is 4.45. The van der Waals surface area contributed by atoms with Gasteiger partial charge in [0, 0.05) is 5.88 Å². The predicted molar refractivity (Wildman–Crippen MR) is 30.9 cm³/mol. The highest BCUT2D eigenvalue weighted by Gasteiger charge is 1.89. The maximum atomic E-state index is 9.83. The third kappa shape index (κ3) is 5.56. The van der Waals surface area contributed by atoms with Gasteiger partial charge in [-0.2, -0.15) is 0 Å². The molecule has 0 heterocycles. The Morgan fingerprint density at radius 2 is 2.38 bits per heavy atom. The van der Waals surface area contributed by atoms with Gasteiger partial charge in [0.2, 0.25) is 0 Å². The largest absolute Gasteiger partial charge is 0.450 e. The van der Waals surface area contributed by atoms with Crippen molar-refractivity contribution in [1.82, 2.24) is 0 Å². The van der Waals surface area contributed by atoms with E-state index in [1.54, 1.807) is 0 Å². The highest BCUT2D eigenvalue weighted by atomic mass is 35.5. The van der Waals surface area contributed by atoms with Crippen LogP contribution in [0.15, 0.2) is 0 Å². The van der Waals surface area contributed by atoms with Crippen molar-refractivity contribution < 1.29 is 9.53 Å². The molecule has 0 fully saturated rings. The first-order valence-corrected chi connectivity index (χ1v) is 2.79. The number of carbonyl (C=O) groups excluding carboxylic acids is 1. The van der Waals surface area contributed by atoms with Crippen LogP contribution in [0.3, 0.4) is 0 Å². The van der Waals surface area contributed by atoms with E-state index in [1.165, 1.54) is 0 Å². The number of halogens is 1. The number of primary amides is 1. The smallest absolute Gasteiger partial charge is 0.404 e. The molecule has 0 aromatic rings. The van der Waals surface area contributed by atoms with Crippen LogP contribution in [0.2, 0.25) is 0 Å². The fourth-order valence-electron chi connectivity index (χ4n) is 0.227. The van der Waals surface area contributed by atoms with E-state index < -0.39 is 6.09 Å². The third-order valence-corrected chi connectivity index (χ3v) is 0.790. The summed E-state index contributed by atoms with van der Waals surface area (Å²) in [5.74, 6) is 0.493. The maximum absolute atomic E-state index is 9.83. The van der Waals surface area contributed by atoms with Crippen molar-refractivity contribution in [2.45, 2.75) is 6.42 Å². The Labute approximate surface area is 52.8 Å². The minimum absolute atomic E-state index is 0.318. The van der Waals surface area contributed by atoms with Crippen LogP contribution in [0.1, 0.15) is 6.42 Å². The molecule has 4 heteroatoms. The average molecular weight is 138 g/mol. The van der Waals surface area contributed by atoms with E-state index >= 15 is 0 Å². The molecule has 0 rings (SSSR count). The van der Waals surface area contributed by atoms with Crippen molar-refractivity contribution in [3.63, 3.8) is 0 Å². The number of amides is 1. The summed E-state index contributed by atoms with van der Waals surface area (Å²) < 4.78 is 4.34. The van der Waals surface area contributed by atoms with Gasteiger partial charge in [0.05, 0.1) is 6.61 Å². The van der Waals surface area contributed by atoms with Crippen molar-refractivity contribution >= 4 is 17.7 Å². The van der Waals surface area contributed by atoms with Crippen LogP contribution in [0, 0.1) is 0 Å². The number of carbonyl (C=O) groups is 1. The van der Waals surface area contributed by atoms with Crippen LogP contribution in [0.4, 0.5) is 4.79 Å². The van der Waals surface area contributed by atoms with Crippen LogP contribution >= 0.6 is 11.6 Å². The normalized spacial score (nSPS) is 8.62. The van der Waals surface area contributed by atoms with Gasteiger partial charge in [-0.25, -0.2) is 4.79 Å². The van der Waals surface area contributed by atoms with Gasteiger partial charge in [-0.3, -0.25) is 0 Å². The molecule has 8 heavy (non-hydrogen) atoms. The highest BCUT2D eigenvalue weighted by Crippen LogP contribution is 1.84. The zero-order chi connectivity index (χ0) is 6.41. The molecule has 3 nitrogen and oxygen atoms in total. The quantitative estimate of drug-likeness (QED) is 0.460. The molecule has 0 atom stereocenters. The van der Waals surface area contributed by atoms with E-state index in [0.717, 1.165) is 0 Å². The third-order valence-electron chi connectivity index (χ3n) is 0.522. The van der Waals surface area contributed by atoms with Crippen molar-refractivity contribution in [2.75, 3.05) is 12.5 Å². The summed E-state index contributed by atoms with van der Waals surface area (Å²) in [7, 11) is 0. The molecular formula is C4H8ClNO2. The second-order valence-corrected chi connectivity index (χ2v) is 1.59.